The Labute approximate surface area is 146 Å². The second-order valence-electron chi connectivity index (χ2n) is 5.59. The van der Waals surface area contributed by atoms with Gasteiger partial charge >= 0.3 is 0 Å². The molecule has 1 aliphatic rings. The molecule has 3 rings (SSSR count). The predicted molar refractivity (Wildman–Crippen MR) is 94.7 cm³/mol. The molecule has 1 atom stereocenters. The number of nitrogens with zero attached hydrogens (tertiary/aromatic N) is 1. The molecule has 1 N–H and O–H groups in total. The number of hydrogen-bond acceptors (Lipinski definition) is 5. The molecule has 0 spiro atoms. The van der Waals surface area contributed by atoms with E-state index in [1.54, 1.807) is 55.6 Å². The van der Waals surface area contributed by atoms with Crippen molar-refractivity contribution in [1.82, 2.24) is 0 Å². The van der Waals surface area contributed by atoms with Crippen molar-refractivity contribution >= 4 is 27.3 Å². The first kappa shape index (κ1) is 17.1. The standard InChI is InChI=1S/C17H18N2O5S/c1-23-13-9-7-12(8-10-13)18-17(20)16-11-19(25(2,21)22)14-5-3-4-6-15(14)24-16/h3-10,16H,11H2,1-2H3,(H,18,20). The number of benzene rings is 2. The fourth-order valence-electron chi connectivity index (χ4n) is 2.55. The van der Waals surface area contributed by atoms with E-state index in [0.29, 0.717) is 22.9 Å². The third kappa shape index (κ3) is 3.69. The number of sulfonamides is 1. The lowest BCUT2D eigenvalue weighted by atomic mass is 10.2. The summed E-state index contributed by atoms with van der Waals surface area (Å²) in [6.07, 6.45) is 0.153. The average Bonchev–Trinajstić information content (AvgIpc) is 2.60. The molecule has 0 radical (unpaired) electrons. The van der Waals surface area contributed by atoms with Crippen molar-refractivity contribution in [1.29, 1.82) is 0 Å². The summed E-state index contributed by atoms with van der Waals surface area (Å²) in [7, 11) is -1.97. The maximum atomic E-state index is 12.5. The summed E-state index contributed by atoms with van der Waals surface area (Å²) in [5.74, 6) is 0.603. The molecule has 1 aliphatic heterocycles. The number of anilines is 2. The topological polar surface area (TPSA) is 84.9 Å². The first-order valence-electron chi connectivity index (χ1n) is 7.57. The van der Waals surface area contributed by atoms with E-state index in [-0.39, 0.29) is 6.54 Å². The van der Waals surface area contributed by atoms with Crippen LogP contribution in [0.2, 0.25) is 0 Å². The number of fused-ring (bicyclic) bond motifs is 1. The van der Waals surface area contributed by atoms with Gasteiger partial charge in [0.2, 0.25) is 10.0 Å². The van der Waals surface area contributed by atoms with Crippen molar-refractivity contribution in [3.8, 4) is 11.5 Å². The zero-order valence-corrected chi connectivity index (χ0v) is 14.6. The third-order valence-electron chi connectivity index (χ3n) is 3.79. The molecule has 1 heterocycles. The van der Waals surface area contributed by atoms with Gasteiger partial charge in [-0.2, -0.15) is 0 Å². The molecular weight excluding hydrogens is 344 g/mol. The zero-order chi connectivity index (χ0) is 18.0. The van der Waals surface area contributed by atoms with Gasteiger partial charge in [0.15, 0.2) is 6.10 Å². The molecule has 2 aromatic rings. The van der Waals surface area contributed by atoms with Gasteiger partial charge in [0.05, 0.1) is 25.6 Å². The van der Waals surface area contributed by atoms with Crippen LogP contribution in [-0.2, 0) is 14.8 Å². The molecule has 0 aliphatic carbocycles. The average molecular weight is 362 g/mol. The number of ether oxygens (including phenoxy) is 2. The number of methoxy groups -OCH3 is 1. The Morgan fingerprint density at radius 2 is 1.88 bits per heavy atom. The zero-order valence-electron chi connectivity index (χ0n) is 13.8. The SMILES string of the molecule is COc1ccc(NC(=O)C2CN(S(C)(=O)=O)c3ccccc3O2)cc1. The normalized spacial score (nSPS) is 16.6. The lowest BCUT2D eigenvalue weighted by Gasteiger charge is -2.33. The van der Waals surface area contributed by atoms with Gasteiger partial charge in [-0.25, -0.2) is 8.42 Å². The minimum Gasteiger partial charge on any atom is -0.497 e. The maximum absolute atomic E-state index is 12.5. The van der Waals surface area contributed by atoms with Crippen molar-refractivity contribution in [2.75, 3.05) is 29.5 Å². The summed E-state index contributed by atoms with van der Waals surface area (Å²) < 4.78 is 36.1. The van der Waals surface area contributed by atoms with E-state index in [0.717, 1.165) is 6.26 Å². The summed E-state index contributed by atoms with van der Waals surface area (Å²) in [6, 6.07) is 13.6. The van der Waals surface area contributed by atoms with Gasteiger partial charge < -0.3 is 14.8 Å². The van der Waals surface area contributed by atoms with Gasteiger partial charge in [0, 0.05) is 5.69 Å². The first-order chi connectivity index (χ1) is 11.9. The van der Waals surface area contributed by atoms with Crippen molar-refractivity contribution in [3.05, 3.63) is 48.5 Å². The molecule has 0 saturated heterocycles. The fourth-order valence-corrected chi connectivity index (χ4v) is 3.46. The highest BCUT2D eigenvalue weighted by molar-refractivity contribution is 7.92. The molecule has 0 bridgehead atoms. The second-order valence-corrected chi connectivity index (χ2v) is 7.49. The quantitative estimate of drug-likeness (QED) is 0.897. The van der Waals surface area contributed by atoms with Crippen LogP contribution in [0.15, 0.2) is 48.5 Å². The molecule has 7 nitrogen and oxygen atoms in total. The minimum atomic E-state index is -3.53. The van der Waals surface area contributed by atoms with Crippen LogP contribution in [0.5, 0.6) is 11.5 Å². The number of carbonyl (C=O) groups is 1. The molecule has 8 heteroatoms. The van der Waals surface area contributed by atoms with Crippen LogP contribution in [0.1, 0.15) is 0 Å². The number of para-hydroxylation sites is 2. The van der Waals surface area contributed by atoms with E-state index in [1.807, 2.05) is 0 Å². The van der Waals surface area contributed by atoms with E-state index in [4.69, 9.17) is 9.47 Å². The van der Waals surface area contributed by atoms with Crippen LogP contribution in [0.25, 0.3) is 0 Å². The van der Waals surface area contributed by atoms with E-state index in [1.165, 1.54) is 4.31 Å². The van der Waals surface area contributed by atoms with Crippen molar-refractivity contribution in [2.24, 2.45) is 0 Å². The molecule has 132 valence electrons. The van der Waals surface area contributed by atoms with Gasteiger partial charge in [-0.15, -0.1) is 0 Å². The van der Waals surface area contributed by atoms with Gasteiger partial charge in [-0.05, 0) is 36.4 Å². The van der Waals surface area contributed by atoms with E-state index < -0.39 is 22.0 Å². The van der Waals surface area contributed by atoms with E-state index >= 15 is 0 Å². The summed E-state index contributed by atoms with van der Waals surface area (Å²) in [6.45, 7) is -0.0855. The van der Waals surface area contributed by atoms with Crippen molar-refractivity contribution in [2.45, 2.75) is 6.10 Å². The molecule has 1 amide bonds. The molecule has 0 fully saturated rings. The molecule has 2 aromatic carbocycles. The van der Waals surface area contributed by atoms with Crippen LogP contribution in [0.4, 0.5) is 11.4 Å². The van der Waals surface area contributed by atoms with E-state index in [9.17, 15) is 13.2 Å². The number of carbonyl (C=O) groups excluding carboxylic acids is 1. The number of nitrogens with one attached hydrogen (secondary N) is 1. The highest BCUT2D eigenvalue weighted by atomic mass is 32.2. The summed E-state index contributed by atoms with van der Waals surface area (Å²) in [5, 5.41) is 2.72. The van der Waals surface area contributed by atoms with Crippen LogP contribution in [0, 0.1) is 0 Å². The summed E-state index contributed by atoms with van der Waals surface area (Å²) in [4.78, 5) is 12.5. The van der Waals surface area contributed by atoms with Crippen LogP contribution < -0.4 is 19.1 Å². The van der Waals surface area contributed by atoms with Crippen LogP contribution in [0.3, 0.4) is 0 Å². The number of rotatable bonds is 4. The third-order valence-corrected chi connectivity index (χ3v) is 4.93. The largest absolute Gasteiger partial charge is 0.497 e. The number of hydrogen-bond donors (Lipinski definition) is 1. The maximum Gasteiger partial charge on any atom is 0.267 e. The second kappa shape index (κ2) is 6.64. The Balaban J connectivity index is 1.81. The Morgan fingerprint density at radius 1 is 1.20 bits per heavy atom. The van der Waals surface area contributed by atoms with Crippen molar-refractivity contribution < 1.29 is 22.7 Å². The van der Waals surface area contributed by atoms with Gasteiger partial charge in [-0.3, -0.25) is 9.10 Å². The molecular formula is C17H18N2O5S. The Morgan fingerprint density at radius 3 is 2.52 bits per heavy atom. The molecule has 0 aromatic heterocycles. The minimum absolute atomic E-state index is 0.0855. The molecule has 25 heavy (non-hydrogen) atoms. The summed E-state index contributed by atoms with van der Waals surface area (Å²) in [5.41, 5.74) is 0.998. The Kier molecular flexibility index (Phi) is 4.54. The molecule has 0 saturated carbocycles. The Bertz CT molecular complexity index is 880. The highest BCUT2D eigenvalue weighted by Crippen LogP contribution is 2.34. The van der Waals surface area contributed by atoms with Crippen molar-refractivity contribution in [3.63, 3.8) is 0 Å². The predicted octanol–water partition coefficient (Wildman–Crippen LogP) is 1.86. The monoisotopic (exact) mass is 362 g/mol. The Hall–Kier alpha value is -2.74. The highest BCUT2D eigenvalue weighted by Gasteiger charge is 2.34. The molecule has 1 unspecified atom stereocenters. The first-order valence-corrected chi connectivity index (χ1v) is 9.41. The van der Waals surface area contributed by atoms with Gasteiger partial charge in [0.1, 0.15) is 11.5 Å². The van der Waals surface area contributed by atoms with Gasteiger partial charge in [0.25, 0.3) is 5.91 Å². The lowest BCUT2D eigenvalue weighted by Crippen LogP contribution is -2.48. The fraction of sp³-hybridized carbons (Fsp3) is 0.235. The number of amides is 1. The van der Waals surface area contributed by atoms with Crippen LogP contribution in [-0.4, -0.2) is 40.3 Å². The van der Waals surface area contributed by atoms with Crippen LogP contribution >= 0.6 is 0 Å². The summed E-state index contributed by atoms with van der Waals surface area (Å²) >= 11 is 0. The smallest absolute Gasteiger partial charge is 0.267 e. The lowest BCUT2D eigenvalue weighted by molar-refractivity contribution is -0.122. The van der Waals surface area contributed by atoms with Gasteiger partial charge in [-0.1, -0.05) is 12.1 Å². The van der Waals surface area contributed by atoms with E-state index in [2.05, 4.69) is 5.32 Å².